The zero-order valence-corrected chi connectivity index (χ0v) is 11.3. The lowest BCUT2D eigenvalue weighted by Gasteiger charge is -2.04. The summed E-state index contributed by atoms with van der Waals surface area (Å²) >= 11 is 7.35. The SMILES string of the molecule is N#Cc1ccc(Sc2n[nH]c(=O)n2C2CC2)cc1Cl. The van der Waals surface area contributed by atoms with Gasteiger partial charge in [-0.2, -0.15) is 5.26 Å². The van der Waals surface area contributed by atoms with Crippen LogP contribution >= 0.6 is 23.4 Å². The number of hydrogen-bond donors (Lipinski definition) is 1. The molecule has 0 aliphatic heterocycles. The molecule has 2 aromatic rings. The molecule has 1 heterocycles. The van der Waals surface area contributed by atoms with E-state index in [9.17, 15) is 4.79 Å². The Kier molecular flexibility index (Phi) is 3.09. The van der Waals surface area contributed by atoms with Crippen LogP contribution in [-0.4, -0.2) is 14.8 Å². The van der Waals surface area contributed by atoms with E-state index in [1.807, 2.05) is 6.07 Å². The highest BCUT2D eigenvalue weighted by Crippen LogP contribution is 2.38. The Labute approximate surface area is 118 Å². The van der Waals surface area contributed by atoms with Gasteiger partial charge in [-0.25, -0.2) is 9.89 Å². The van der Waals surface area contributed by atoms with E-state index in [4.69, 9.17) is 16.9 Å². The lowest BCUT2D eigenvalue weighted by Crippen LogP contribution is -2.15. The van der Waals surface area contributed by atoms with Gasteiger partial charge in [0.25, 0.3) is 0 Å². The van der Waals surface area contributed by atoms with Crippen LogP contribution in [0.5, 0.6) is 0 Å². The Balaban J connectivity index is 1.92. The van der Waals surface area contributed by atoms with Crippen molar-refractivity contribution in [2.24, 2.45) is 0 Å². The molecular weight excluding hydrogens is 284 g/mol. The number of aromatic nitrogens is 3. The topological polar surface area (TPSA) is 74.5 Å². The predicted octanol–water partition coefficient (Wildman–Crippen LogP) is 2.58. The first-order chi connectivity index (χ1) is 9.19. The molecule has 1 aliphatic carbocycles. The van der Waals surface area contributed by atoms with Gasteiger partial charge in [0, 0.05) is 10.9 Å². The highest BCUT2D eigenvalue weighted by atomic mass is 35.5. The molecule has 1 aromatic carbocycles. The summed E-state index contributed by atoms with van der Waals surface area (Å²) in [6.07, 6.45) is 2.03. The Hall–Kier alpha value is -1.71. The molecule has 5 nitrogen and oxygen atoms in total. The summed E-state index contributed by atoms with van der Waals surface area (Å²) in [5, 5.41) is 16.4. The van der Waals surface area contributed by atoms with E-state index >= 15 is 0 Å². The molecule has 19 heavy (non-hydrogen) atoms. The molecule has 7 heteroatoms. The molecule has 0 radical (unpaired) electrons. The fourth-order valence-corrected chi connectivity index (χ4v) is 3.01. The predicted molar refractivity (Wildman–Crippen MR) is 71.4 cm³/mol. The second-order valence-electron chi connectivity index (χ2n) is 4.27. The normalized spacial score (nSPS) is 14.3. The molecular formula is C12H9ClN4OS. The van der Waals surface area contributed by atoms with E-state index in [-0.39, 0.29) is 11.7 Å². The number of halogens is 1. The minimum atomic E-state index is -0.176. The van der Waals surface area contributed by atoms with E-state index in [0.717, 1.165) is 17.7 Å². The highest BCUT2D eigenvalue weighted by Gasteiger charge is 2.28. The smallest absolute Gasteiger partial charge is 0.267 e. The maximum atomic E-state index is 11.6. The molecule has 0 saturated heterocycles. The van der Waals surface area contributed by atoms with E-state index in [1.54, 1.807) is 22.8 Å². The van der Waals surface area contributed by atoms with Gasteiger partial charge in [0.2, 0.25) is 0 Å². The second kappa shape index (κ2) is 4.76. The third kappa shape index (κ3) is 2.39. The maximum Gasteiger partial charge on any atom is 0.344 e. The van der Waals surface area contributed by atoms with Gasteiger partial charge in [0.15, 0.2) is 5.16 Å². The summed E-state index contributed by atoms with van der Waals surface area (Å²) in [6.45, 7) is 0. The standard InChI is InChI=1S/C12H9ClN4OS/c13-10-5-9(4-1-7(10)6-14)19-12-16-15-11(18)17(12)8-2-3-8/h1,4-5,8H,2-3H2,(H,15,18). The van der Waals surface area contributed by atoms with Crippen LogP contribution in [0.3, 0.4) is 0 Å². The van der Waals surface area contributed by atoms with Crippen molar-refractivity contribution in [3.8, 4) is 6.07 Å². The van der Waals surface area contributed by atoms with Crippen molar-refractivity contribution in [2.45, 2.75) is 28.9 Å². The van der Waals surface area contributed by atoms with Gasteiger partial charge in [0.05, 0.1) is 10.6 Å². The van der Waals surface area contributed by atoms with Gasteiger partial charge in [-0.1, -0.05) is 11.6 Å². The average molecular weight is 293 g/mol. The van der Waals surface area contributed by atoms with Gasteiger partial charge in [-0.05, 0) is 42.8 Å². The quantitative estimate of drug-likeness (QED) is 0.943. The summed E-state index contributed by atoms with van der Waals surface area (Å²) in [7, 11) is 0. The molecule has 0 spiro atoms. The molecule has 1 saturated carbocycles. The van der Waals surface area contributed by atoms with Crippen LogP contribution in [0.15, 0.2) is 33.0 Å². The van der Waals surface area contributed by atoms with Crippen LogP contribution in [0, 0.1) is 11.3 Å². The maximum absolute atomic E-state index is 11.6. The fourth-order valence-electron chi connectivity index (χ4n) is 1.77. The van der Waals surface area contributed by atoms with Crippen molar-refractivity contribution in [3.05, 3.63) is 39.3 Å². The van der Waals surface area contributed by atoms with Gasteiger partial charge >= 0.3 is 5.69 Å². The molecule has 0 bridgehead atoms. The third-order valence-corrected chi connectivity index (χ3v) is 4.13. The van der Waals surface area contributed by atoms with Crippen molar-refractivity contribution < 1.29 is 0 Å². The number of hydrogen-bond acceptors (Lipinski definition) is 4. The van der Waals surface area contributed by atoms with E-state index in [0.29, 0.717) is 15.7 Å². The van der Waals surface area contributed by atoms with Gasteiger partial charge < -0.3 is 0 Å². The number of aromatic amines is 1. The van der Waals surface area contributed by atoms with Crippen molar-refractivity contribution >= 4 is 23.4 Å². The van der Waals surface area contributed by atoms with Crippen LogP contribution in [0.1, 0.15) is 24.4 Å². The summed E-state index contributed by atoms with van der Waals surface area (Å²) in [6, 6.07) is 7.45. The molecule has 1 aromatic heterocycles. The van der Waals surface area contributed by atoms with Crippen LogP contribution in [0.2, 0.25) is 5.02 Å². The number of benzene rings is 1. The van der Waals surface area contributed by atoms with Crippen LogP contribution in [-0.2, 0) is 0 Å². The minimum absolute atomic E-state index is 0.176. The monoisotopic (exact) mass is 292 g/mol. The number of H-pyrrole nitrogens is 1. The summed E-state index contributed by atoms with van der Waals surface area (Å²) in [4.78, 5) is 12.5. The number of rotatable bonds is 3. The number of nitrogens with one attached hydrogen (secondary N) is 1. The first-order valence-corrected chi connectivity index (χ1v) is 6.93. The lowest BCUT2D eigenvalue weighted by atomic mass is 10.2. The largest absolute Gasteiger partial charge is 0.344 e. The van der Waals surface area contributed by atoms with Gasteiger partial charge in [-0.15, -0.1) is 5.10 Å². The number of nitriles is 1. The molecule has 1 fully saturated rings. The second-order valence-corrected chi connectivity index (χ2v) is 5.72. The Morgan fingerprint density at radius 1 is 1.53 bits per heavy atom. The summed E-state index contributed by atoms with van der Waals surface area (Å²) in [5.41, 5.74) is 0.261. The summed E-state index contributed by atoms with van der Waals surface area (Å²) < 4.78 is 1.68. The lowest BCUT2D eigenvalue weighted by molar-refractivity contribution is 0.642. The van der Waals surface area contributed by atoms with Crippen molar-refractivity contribution in [3.63, 3.8) is 0 Å². The average Bonchev–Trinajstić information content (AvgIpc) is 3.15. The van der Waals surface area contributed by atoms with Crippen LogP contribution < -0.4 is 5.69 Å². The highest BCUT2D eigenvalue weighted by molar-refractivity contribution is 7.99. The number of nitrogens with zero attached hydrogens (tertiary/aromatic N) is 3. The fraction of sp³-hybridized carbons (Fsp3) is 0.250. The molecule has 0 unspecified atom stereocenters. The zero-order valence-electron chi connectivity index (χ0n) is 9.76. The van der Waals surface area contributed by atoms with E-state index in [2.05, 4.69) is 10.2 Å². The molecule has 1 N–H and O–H groups in total. The Bertz CT molecular complexity index is 726. The van der Waals surface area contributed by atoms with E-state index < -0.39 is 0 Å². The van der Waals surface area contributed by atoms with Crippen molar-refractivity contribution in [1.29, 1.82) is 5.26 Å². The van der Waals surface area contributed by atoms with Gasteiger partial charge in [-0.3, -0.25) is 4.57 Å². The molecule has 0 amide bonds. The molecule has 3 rings (SSSR count). The zero-order chi connectivity index (χ0) is 13.4. The summed E-state index contributed by atoms with van der Waals surface area (Å²) in [5.74, 6) is 0. The molecule has 0 atom stereocenters. The molecule has 1 aliphatic rings. The van der Waals surface area contributed by atoms with Crippen molar-refractivity contribution in [1.82, 2.24) is 14.8 Å². The van der Waals surface area contributed by atoms with Crippen LogP contribution in [0.25, 0.3) is 0 Å². The molecule has 96 valence electrons. The first-order valence-electron chi connectivity index (χ1n) is 5.73. The van der Waals surface area contributed by atoms with Gasteiger partial charge in [0.1, 0.15) is 6.07 Å². The third-order valence-electron chi connectivity index (χ3n) is 2.85. The minimum Gasteiger partial charge on any atom is -0.267 e. The van der Waals surface area contributed by atoms with E-state index in [1.165, 1.54) is 11.8 Å². The van der Waals surface area contributed by atoms with Crippen LogP contribution in [0.4, 0.5) is 0 Å². The Morgan fingerprint density at radius 2 is 2.32 bits per heavy atom. The first kappa shape index (κ1) is 12.3. The Morgan fingerprint density at radius 3 is 2.95 bits per heavy atom. The van der Waals surface area contributed by atoms with Crippen molar-refractivity contribution in [2.75, 3.05) is 0 Å².